The summed E-state index contributed by atoms with van der Waals surface area (Å²) in [5.41, 5.74) is 3.37. The van der Waals surface area contributed by atoms with Gasteiger partial charge < -0.3 is 10.1 Å². The summed E-state index contributed by atoms with van der Waals surface area (Å²) < 4.78 is 5.32. The smallest absolute Gasteiger partial charge is 0.338 e. The van der Waals surface area contributed by atoms with Crippen LogP contribution in [0.15, 0.2) is 72.8 Å². The zero-order valence-corrected chi connectivity index (χ0v) is 15.5. The summed E-state index contributed by atoms with van der Waals surface area (Å²) >= 11 is 5.84. The second kappa shape index (κ2) is 8.52. The molecule has 0 heterocycles. The molecule has 0 fully saturated rings. The van der Waals surface area contributed by atoms with Gasteiger partial charge in [-0.1, -0.05) is 47.5 Å². The zero-order valence-electron chi connectivity index (χ0n) is 14.7. The van der Waals surface area contributed by atoms with Gasteiger partial charge in [0.05, 0.1) is 5.56 Å². The summed E-state index contributed by atoms with van der Waals surface area (Å²) in [5.74, 6) is -0.696. The minimum absolute atomic E-state index is 0.149. The molecule has 0 bridgehead atoms. The van der Waals surface area contributed by atoms with Crippen LogP contribution in [0.4, 0.5) is 5.69 Å². The minimum atomic E-state index is -0.462. The Kier molecular flexibility index (Phi) is 5.89. The monoisotopic (exact) mass is 379 g/mol. The summed E-state index contributed by atoms with van der Waals surface area (Å²) in [4.78, 5) is 24.6. The lowest BCUT2D eigenvalue weighted by Gasteiger charge is -2.08. The summed E-state index contributed by atoms with van der Waals surface area (Å²) in [7, 11) is 0. The molecule has 0 saturated carbocycles. The number of hydrogen-bond acceptors (Lipinski definition) is 3. The lowest BCUT2D eigenvalue weighted by Crippen LogP contribution is -2.12. The number of nitrogens with one attached hydrogen (secondary N) is 1. The third-order valence-electron chi connectivity index (χ3n) is 3.95. The number of carbonyl (C=O) groups excluding carboxylic acids is 2. The van der Waals surface area contributed by atoms with Crippen molar-refractivity contribution in [2.75, 3.05) is 5.32 Å². The second-order valence-electron chi connectivity index (χ2n) is 6.10. The molecule has 0 aliphatic carbocycles. The number of rotatable bonds is 5. The number of benzene rings is 3. The van der Waals surface area contributed by atoms with E-state index >= 15 is 0 Å². The zero-order chi connectivity index (χ0) is 19.2. The molecule has 1 amide bonds. The molecule has 136 valence electrons. The largest absolute Gasteiger partial charge is 0.457 e. The molecule has 0 aliphatic rings. The van der Waals surface area contributed by atoms with Crippen LogP contribution in [-0.2, 0) is 11.3 Å². The van der Waals surface area contributed by atoms with Gasteiger partial charge in [0, 0.05) is 16.3 Å². The summed E-state index contributed by atoms with van der Waals surface area (Å²) in [5, 5.41) is 3.42. The molecular weight excluding hydrogens is 362 g/mol. The Morgan fingerprint density at radius 1 is 0.926 bits per heavy atom. The summed E-state index contributed by atoms with van der Waals surface area (Å²) in [6, 6.07) is 21.0. The van der Waals surface area contributed by atoms with Gasteiger partial charge in [0.2, 0.25) is 0 Å². The number of esters is 1. The normalized spacial score (nSPS) is 10.3. The van der Waals surface area contributed by atoms with E-state index in [1.807, 2.05) is 19.1 Å². The van der Waals surface area contributed by atoms with E-state index in [0.29, 0.717) is 21.8 Å². The number of anilines is 1. The fourth-order valence-corrected chi connectivity index (χ4v) is 2.57. The van der Waals surface area contributed by atoms with Crippen molar-refractivity contribution in [1.82, 2.24) is 0 Å². The Morgan fingerprint density at radius 3 is 2.33 bits per heavy atom. The first-order valence-corrected chi connectivity index (χ1v) is 8.79. The highest BCUT2D eigenvalue weighted by Crippen LogP contribution is 2.15. The highest BCUT2D eigenvalue weighted by atomic mass is 35.5. The molecule has 0 aromatic heterocycles. The Labute approximate surface area is 162 Å². The number of aryl methyl sites for hydroxylation is 1. The van der Waals surface area contributed by atoms with Crippen LogP contribution < -0.4 is 5.32 Å². The molecule has 5 heteroatoms. The third-order valence-corrected chi connectivity index (χ3v) is 4.21. The lowest BCUT2D eigenvalue weighted by molar-refractivity contribution is 0.0472. The Hall–Kier alpha value is -3.11. The van der Waals surface area contributed by atoms with Gasteiger partial charge in [-0.05, 0) is 55.0 Å². The number of carbonyl (C=O) groups is 2. The van der Waals surface area contributed by atoms with E-state index in [0.717, 1.165) is 11.1 Å². The van der Waals surface area contributed by atoms with Crippen LogP contribution in [-0.4, -0.2) is 11.9 Å². The molecule has 3 rings (SSSR count). The van der Waals surface area contributed by atoms with Gasteiger partial charge in [0.25, 0.3) is 5.91 Å². The van der Waals surface area contributed by atoms with Gasteiger partial charge in [-0.3, -0.25) is 4.79 Å². The molecule has 3 aromatic rings. The van der Waals surface area contributed by atoms with Crippen molar-refractivity contribution < 1.29 is 14.3 Å². The molecule has 0 aliphatic heterocycles. The van der Waals surface area contributed by atoms with E-state index in [-0.39, 0.29) is 12.5 Å². The highest BCUT2D eigenvalue weighted by molar-refractivity contribution is 6.30. The topological polar surface area (TPSA) is 55.4 Å². The van der Waals surface area contributed by atoms with Crippen molar-refractivity contribution in [2.45, 2.75) is 13.5 Å². The first kappa shape index (κ1) is 18.7. The van der Waals surface area contributed by atoms with Gasteiger partial charge in [0.15, 0.2) is 0 Å². The molecule has 0 radical (unpaired) electrons. The number of halogens is 1. The van der Waals surface area contributed by atoms with Crippen molar-refractivity contribution in [3.63, 3.8) is 0 Å². The molecule has 0 saturated heterocycles. The molecule has 3 aromatic carbocycles. The maximum Gasteiger partial charge on any atom is 0.338 e. The van der Waals surface area contributed by atoms with Crippen LogP contribution >= 0.6 is 11.6 Å². The highest BCUT2D eigenvalue weighted by Gasteiger charge is 2.10. The van der Waals surface area contributed by atoms with E-state index in [1.54, 1.807) is 60.7 Å². The first-order valence-electron chi connectivity index (χ1n) is 8.41. The molecule has 0 spiro atoms. The Balaban J connectivity index is 1.63. The van der Waals surface area contributed by atoms with Gasteiger partial charge in [0.1, 0.15) is 6.61 Å². The van der Waals surface area contributed by atoms with Crippen LogP contribution in [0.2, 0.25) is 5.02 Å². The predicted octanol–water partition coefficient (Wildman–Crippen LogP) is 5.26. The average molecular weight is 380 g/mol. The molecule has 27 heavy (non-hydrogen) atoms. The maximum absolute atomic E-state index is 12.3. The molecule has 0 atom stereocenters. The lowest BCUT2D eigenvalue weighted by atomic mass is 10.1. The van der Waals surface area contributed by atoms with Crippen molar-refractivity contribution in [1.29, 1.82) is 0 Å². The van der Waals surface area contributed by atoms with Crippen LogP contribution in [0.3, 0.4) is 0 Å². The number of ether oxygens (including phenoxy) is 1. The van der Waals surface area contributed by atoms with Crippen LogP contribution in [0, 0.1) is 6.92 Å². The van der Waals surface area contributed by atoms with E-state index in [4.69, 9.17) is 16.3 Å². The third kappa shape index (κ3) is 5.19. The van der Waals surface area contributed by atoms with Crippen LogP contribution in [0.5, 0.6) is 0 Å². The average Bonchev–Trinajstić information content (AvgIpc) is 2.68. The quantitative estimate of drug-likeness (QED) is 0.615. The predicted molar refractivity (Wildman–Crippen MR) is 106 cm³/mol. The second-order valence-corrected chi connectivity index (χ2v) is 6.54. The van der Waals surface area contributed by atoms with Crippen LogP contribution in [0.25, 0.3) is 0 Å². The number of amides is 1. The van der Waals surface area contributed by atoms with Gasteiger partial charge in [-0.25, -0.2) is 4.79 Å². The fraction of sp³-hybridized carbons (Fsp3) is 0.0909. The minimum Gasteiger partial charge on any atom is -0.457 e. The van der Waals surface area contributed by atoms with E-state index in [9.17, 15) is 9.59 Å². The van der Waals surface area contributed by atoms with E-state index in [2.05, 4.69) is 5.32 Å². The molecule has 4 nitrogen and oxygen atoms in total. The molecule has 1 N–H and O–H groups in total. The fourth-order valence-electron chi connectivity index (χ4n) is 2.44. The Morgan fingerprint density at radius 2 is 1.63 bits per heavy atom. The summed E-state index contributed by atoms with van der Waals surface area (Å²) in [6.45, 7) is 2.11. The molecule has 0 unspecified atom stereocenters. The van der Waals surface area contributed by atoms with Crippen molar-refractivity contribution in [2.24, 2.45) is 0 Å². The van der Waals surface area contributed by atoms with Gasteiger partial charge in [-0.15, -0.1) is 0 Å². The van der Waals surface area contributed by atoms with Crippen molar-refractivity contribution in [3.05, 3.63) is 100 Å². The standard InChI is InChI=1S/C22H18ClNO3/c1-15-5-9-17(10-6-15)21(25)24-20-4-2-3-18(13-20)22(26)27-14-16-7-11-19(23)12-8-16/h2-13H,14H2,1H3,(H,24,25). The summed E-state index contributed by atoms with van der Waals surface area (Å²) in [6.07, 6.45) is 0. The molecular formula is C22H18ClNO3. The van der Waals surface area contributed by atoms with Crippen molar-refractivity contribution >= 4 is 29.2 Å². The van der Waals surface area contributed by atoms with Gasteiger partial charge in [-0.2, -0.15) is 0 Å². The van der Waals surface area contributed by atoms with Crippen molar-refractivity contribution in [3.8, 4) is 0 Å². The Bertz CT molecular complexity index is 950. The SMILES string of the molecule is Cc1ccc(C(=O)Nc2cccc(C(=O)OCc3ccc(Cl)cc3)c2)cc1. The van der Waals surface area contributed by atoms with Gasteiger partial charge >= 0.3 is 5.97 Å². The van der Waals surface area contributed by atoms with E-state index in [1.165, 1.54) is 0 Å². The van der Waals surface area contributed by atoms with Crippen LogP contribution in [0.1, 0.15) is 31.8 Å². The number of hydrogen-bond donors (Lipinski definition) is 1. The first-order chi connectivity index (χ1) is 13.0. The maximum atomic E-state index is 12.3. The van der Waals surface area contributed by atoms with E-state index < -0.39 is 5.97 Å².